The first-order valence-corrected chi connectivity index (χ1v) is 5.24. The first-order valence-electron chi connectivity index (χ1n) is 2.41. The Morgan fingerprint density at radius 3 is 1.17 bits per heavy atom. The zero-order valence-electron chi connectivity index (χ0n) is 5.21. The second-order valence-electron chi connectivity index (χ2n) is 1.21. The lowest BCUT2D eigenvalue weighted by molar-refractivity contribution is 1.02. The SMILES string of the molecule is CNC.[CH3][AlH][CH3]. The fourth-order valence-corrected chi connectivity index (χ4v) is 0. The van der Waals surface area contributed by atoms with E-state index in [-0.39, 0.29) is 0 Å². The highest BCUT2D eigenvalue weighted by molar-refractivity contribution is 6.31. The predicted octanol–water partition coefficient (Wildman–Crippen LogP) is 0.355. The molecule has 0 saturated carbocycles. The van der Waals surface area contributed by atoms with Crippen molar-refractivity contribution in [1.82, 2.24) is 5.32 Å². The second kappa shape index (κ2) is 17.8. The van der Waals surface area contributed by atoms with Gasteiger partial charge < -0.3 is 5.32 Å². The van der Waals surface area contributed by atoms with Crippen molar-refractivity contribution in [3.63, 3.8) is 0 Å². The molecule has 0 aromatic carbocycles. The molecule has 0 aliphatic carbocycles. The van der Waals surface area contributed by atoms with E-state index in [1.807, 2.05) is 14.1 Å². The zero-order chi connectivity index (χ0) is 5.41. The fraction of sp³-hybridized carbons (Fsp3) is 1.00. The Morgan fingerprint density at radius 2 is 1.17 bits per heavy atom. The number of hydrogen-bond donors (Lipinski definition) is 1. The van der Waals surface area contributed by atoms with Crippen LogP contribution in [0.15, 0.2) is 0 Å². The molecule has 0 aromatic heterocycles. The van der Waals surface area contributed by atoms with Crippen LogP contribution in [0.3, 0.4) is 0 Å². The maximum atomic E-state index is 2.75. The maximum absolute atomic E-state index is 2.75. The lowest BCUT2D eigenvalue weighted by Gasteiger charge is -1.59. The van der Waals surface area contributed by atoms with Crippen molar-refractivity contribution in [3.05, 3.63) is 0 Å². The molecule has 0 atom stereocenters. The first kappa shape index (κ1) is 9.70. The minimum Gasteiger partial charge on any atom is -0.323 e. The number of nitrogens with one attached hydrogen (secondary N) is 1. The van der Waals surface area contributed by atoms with Crippen LogP contribution in [-0.2, 0) is 0 Å². The Balaban J connectivity index is 0. The molecule has 0 rings (SSSR count). The van der Waals surface area contributed by atoms with Crippen molar-refractivity contribution >= 4 is 15.2 Å². The van der Waals surface area contributed by atoms with Gasteiger partial charge in [0.05, 0.1) is 0 Å². The summed E-state index contributed by atoms with van der Waals surface area (Å²) in [5, 5.41) is 2.75. The smallest absolute Gasteiger partial charge is 0.229 e. The average Bonchev–Trinajstić information content (AvgIpc) is 1.39. The van der Waals surface area contributed by atoms with Crippen LogP contribution in [0.2, 0.25) is 11.6 Å². The van der Waals surface area contributed by atoms with Gasteiger partial charge in [-0.1, -0.05) is 0 Å². The van der Waals surface area contributed by atoms with Gasteiger partial charge in [-0.05, 0) is 14.1 Å². The quantitative estimate of drug-likeness (QED) is 0.436. The van der Waals surface area contributed by atoms with E-state index in [2.05, 4.69) is 16.9 Å². The van der Waals surface area contributed by atoms with Gasteiger partial charge in [0, 0.05) is 0 Å². The standard InChI is InChI=1S/C2H7N.2CH3.Al.H/c1-3-2;;;;/h3H,1-2H3;2*1H3;;. The van der Waals surface area contributed by atoms with Crippen molar-refractivity contribution in [3.8, 4) is 0 Å². The highest BCUT2D eigenvalue weighted by atomic mass is 27.1. The van der Waals surface area contributed by atoms with Gasteiger partial charge in [0.1, 0.15) is 0 Å². The summed E-state index contributed by atoms with van der Waals surface area (Å²) in [6.45, 7) is 0. The van der Waals surface area contributed by atoms with E-state index in [1.165, 1.54) is 0 Å². The Labute approximate surface area is 46.8 Å². The molecule has 0 saturated heterocycles. The molecule has 0 heterocycles. The van der Waals surface area contributed by atoms with Crippen molar-refractivity contribution in [2.24, 2.45) is 0 Å². The highest BCUT2D eigenvalue weighted by Gasteiger charge is 1.48. The van der Waals surface area contributed by atoms with Gasteiger partial charge in [-0.25, -0.2) is 0 Å². The molecule has 0 fully saturated rings. The molecule has 0 unspecified atom stereocenters. The van der Waals surface area contributed by atoms with Crippen LogP contribution in [0.1, 0.15) is 0 Å². The van der Waals surface area contributed by atoms with Crippen molar-refractivity contribution in [1.29, 1.82) is 0 Å². The number of rotatable bonds is 0. The first-order chi connectivity index (χ1) is 2.83. The van der Waals surface area contributed by atoms with Gasteiger partial charge in [-0.2, -0.15) is 0 Å². The molecule has 0 aliphatic heterocycles. The third kappa shape index (κ3) is 226. The summed E-state index contributed by atoms with van der Waals surface area (Å²) in [4.78, 5) is 0. The van der Waals surface area contributed by atoms with E-state index in [1.54, 1.807) is 0 Å². The second-order valence-corrected chi connectivity index (χ2v) is 2.62. The van der Waals surface area contributed by atoms with Crippen molar-refractivity contribution < 1.29 is 0 Å². The summed E-state index contributed by atoms with van der Waals surface area (Å²) in [5.74, 6) is 4.53. The summed E-state index contributed by atoms with van der Waals surface area (Å²) < 4.78 is 0. The summed E-state index contributed by atoms with van der Waals surface area (Å²) in [7, 11) is 3.75. The molecule has 0 bridgehead atoms. The molecule has 0 aliphatic rings. The van der Waals surface area contributed by atoms with Crippen LogP contribution >= 0.6 is 0 Å². The van der Waals surface area contributed by atoms with Crippen LogP contribution < -0.4 is 5.32 Å². The van der Waals surface area contributed by atoms with Crippen molar-refractivity contribution in [2.75, 3.05) is 14.1 Å². The summed E-state index contributed by atoms with van der Waals surface area (Å²) >= 11 is 0.417. The van der Waals surface area contributed by atoms with Gasteiger partial charge in [0.25, 0.3) is 0 Å². The van der Waals surface area contributed by atoms with Crippen molar-refractivity contribution in [2.45, 2.75) is 11.6 Å². The zero-order valence-corrected chi connectivity index (χ0v) is 6.62. The van der Waals surface area contributed by atoms with Gasteiger partial charge in [-0.3, -0.25) is 0 Å². The summed E-state index contributed by atoms with van der Waals surface area (Å²) in [6.07, 6.45) is 0. The van der Waals surface area contributed by atoms with Gasteiger partial charge >= 0.3 is 0 Å². The topological polar surface area (TPSA) is 12.0 Å². The van der Waals surface area contributed by atoms with E-state index in [9.17, 15) is 0 Å². The molecule has 2 heteroatoms. The fourth-order valence-electron chi connectivity index (χ4n) is 0. The molecule has 6 heavy (non-hydrogen) atoms. The summed E-state index contributed by atoms with van der Waals surface area (Å²) in [5.41, 5.74) is 0. The maximum Gasteiger partial charge on any atom is 0.229 e. The molecule has 1 N–H and O–H groups in total. The van der Waals surface area contributed by atoms with Crippen LogP contribution in [0, 0.1) is 0 Å². The highest BCUT2D eigenvalue weighted by Crippen LogP contribution is 1.36. The lowest BCUT2D eigenvalue weighted by atomic mass is 11.3. The van der Waals surface area contributed by atoms with E-state index >= 15 is 0 Å². The Morgan fingerprint density at radius 1 is 1.17 bits per heavy atom. The van der Waals surface area contributed by atoms with Gasteiger partial charge in [0.2, 0.25) is 15.2 Å². The van der Waals surface area contributed by atoms with Crippen LogP contribution in [-0.4, -0.2) is 29.3 Å². The molecule has 0 radical (unpaired) electrons. The molecule has 0 aromatic rings. The summed E-state index contributed by atoms with van der Waals surface area (Å²) in [6, 6.07) is 0. The Kier molecular flexibility index (Phi) is 28.9. The molecule has 38 valence electrons. The van der Waals surface area contributed by atoms with Gasteiger partial charge in [0.15, 0.2) is 0 Å². The largest absolute Gasteiger partial charge is 0.323 e. The predicted molar refractivity (Wildman–Crippen MR) is 33.9 cm³/mol. The van der Waals surface area contributed by atoms with E-state index in [0.717, 1.165) is 0 Å². The molecular weight excluding hydrogens is 89.0 g/mol. The normalized spacial score (nSPS) is 5.33. The Hall–Kier alpha value is 0.492. The molecule has 0 amide bonds. The Bertz CT molecular complexity index is 9.51. The monoisotopic (exact) mass is 103 g/mol. The molecule has 1 nitrogen and oxygen atoms in total. The van der Waals surface area contributed by atoms with Crippen LogP contribution in [0.25, 0.3) is 0 Å². The third-order valence-electron chi connectivity index (χ3n) is 0. The minimum atomic E-state index is 0.417. The van der Waals surface area contributed by atoms with E-state index in [4.69, 9.17) is 0 Å². The minimum absolute atomic E-state index is 0.417. The van der Waals surface area contributed by atoms with E-state index in [0.29, 0.717) is 15.2 Å². The lowest BCUT2D eigenvalue weighted by Crippen LogP contribution is -1.89. The molecule has 0 spiro atoms. The van der Waals surface area contributed by atoms with Gasteiger partial charge in [-0.15, -0.1) is 11.6 Å². The van der Waals surface area contributed by atoms with Crippen LogP contribution in [0.5, 0.6) is 0 Å². The molecular formula is C4H14AlN. The number of hydrogen-bond acceptors (Lipinski definition) is 1. The average molecular weight is 103 g/mol. The third-order valence-corrected chi connectivity index (χ3v) is 0. The van der Waals surface area contributed by atoms with Crippen LogP contribution in [0.4, 0.5) is 0 Å². The van der Waals surface area contributed by atoms with E-state index < -0.39 is 0 Å².